The zero-order valence-electron chi connectivity index (χ0n) is 21.8. The van der Waals surface area contributed by atoms with Gasteiger partial charge in [-0.1, -0.05) is 0 Å². The van der Waals surface area contributed by atoms with Crippen LogP contribution in [-0.2, 0) is 20.9 Å². The van der Waals surface area contributed by atoms with E-state index in [1.54, 1.807) is 16.8 Å². The standard InChI is InChI=1S/C27H33N7O5/c35-23(16-31-11-13-39-14-12-31)30-20-3-5-21(6-4-20)34-24-22(15-29-34)26(37)33(18-28-24)17-27(38)7-9-32(10-8-27)25(36)19-1-2-19/h3-6,15,18-19,38H,1-2,7-14,16-17H2,(H,30,35). The summed E-state index contributed by atoms with van der Waals surface area (Å²) >= 11 is 0. The fourth-order valence-electron chi connectivity index (χ4n) is 5.31. The van der Waals surface area contributed by atoms with Crippen LogP contribution in [0.4, 0.5) is 5.69 Å². The van der Waals surface area contributed by atoms with E-state index in [0.717, 1.165) is 25.9 Å². The van der Waals surface area contributed by atoms with Gasteiger partial charge < -0.3 is 20.1 Å². The highest BCUT2D eigenvalue weighted by Gasteiger charge is 2.39. The second-order valence-electron chi connectivity index (χ2n) is 10.8. The number of carbonyl (C=O) groups is 2. The molecule has 12 heteroatoms. The van der Waals surface area contributed by atoms with E-state index in [1.165, 1.54) is 17.1 Å². The van der Waals surface area contributed by atoms with Gasteiger partial charge in [0.2, 0.25) is 11.8 Å². The van der Waals surface area contributed by atoms with Crippen molar-refractivity contribution < 1.29 is 19.4 Å². The summed E-state index contributed by atoms with van der Waals surface area (Å²) in [7, 11) is 0. The largest absolute Gasteiger partial charge is 0.388 e. The second kappa shape index (κ2) is 10.5. The zero-order valence-corrected chi connectivity index (χ0v) is 21.8. The van der Waals surface area contributed by atoms with Gasteiger partial charge in [0.05, 0.1) is 43.8 Å². The number of hydrogen-bond acceptors (Lipinski definition) is 8. The summed E-state index contributed by atoms with van der Waals surface area (Å²) in [6.45, 7) is 4.19. The average Bonchev–Trinajstić information content (AvgIpc) is 3.70. The Hall–Kier alpha value is -3.61. The smallest absolute Gasteiger partial charge is 0.264 e. The molecule has 4 heterocycles. The van der Waals surface area contributed by atoms with Gasteiger partial charge >= 0.3 is 0 Å². The first-order chi connectivity index (χ1) is 18.9. The molecule has 39 heavy (non-hydrogen) atoms. The maximum absolute atomic E-state index is 13.2. The Morgan fingerprint density at radius 2 is 1.79 bits per heavy atom. The van der Waals surface area contributed by atoms with Gasteiger partial charge in [-0.25, -0.2) is 9.67 Å². The maximum atomic E-state index is 13.2. The molecule has 0 unspecified atom stereocenters. The van der Waals surface area contributed by atoms with Gasteiger partial charge in [-0.3, -0.25) is 23.9 Å². The van der Waals surface area contributed by atoms with Crippen LogP contribution in [0, 0.1) is 5.92 Å². The number of amides is 2. The molecule has 2 saturated heterocycles. The molecule has 0 bridgehead atoms. The van der Waals surface area contributed by atoms with E-state index in [1.807, 2.05) is 17.0 Å². The number of morpholine rings is 1. The van der Waals surface area contributed by atoms with Crippen LogP contribution in [0.25, 0.3) is 16.7 Å². The minimum absolute atomic E-state index is 0.0850. The number of likely N-dealkylation sites (tertiary alicyclic amines) is 1. The highest BCUT2D eigenvalue weighted by molar-refractivity contribution is 5.92. The lowest BCUT2D eigenvalue weighted by Crippen LogP contribution is -2.50. The molecule has 6 rings (SSSR count). The van der Waals surface area contributed by atoms with Crippen molar-refractivity contribution in [3.05, 3.63) is 47.1 Å². The Bertz CT molecular complexity index is 1410. The normalized spacial score (nSPS) is 19.8. The minimum atomic E-state index is -1.07. The number of nitrogens with zero attached hydrogens (tertiary/aromatic N) is 6. The molecule has 3 aromatic rings. The van der Waals surface area contributed by atoms with Crippen molar-refractivity contribution in [3.63, 3.8) is 0 Å². The second-order valence-corrected chi connectivity index (χ2v) is 10.8. The zero-order chi connectivity index (χ0) is 27.0. The van der Waals surface area contributed by atoms with Crippen molar-refractivity contribution in [2.75, 3.05) is 51.3 Å². The Labute approximate surface area is 225 Å². The third kappa shape index (κ3) is 5.58. The molecule has 0 radical (unpaired) electrons. The molecule has 1 saturated carbocycles. The lowest BCUT2D eigenvalue weighted by molar-refractivity contribution is -0.137. The summed E-state index contributed by atoms with van der Waals surface area (Å²) in [4.78, 5) is 46.3. The molecular formula is C27H33N7O5. The van der Waals surface area contributed by atoms with Gasteiger partial charge in [-0.15, -0.1) is 0 Å². The topological polar surface area (TPSA) is 135 Å². The van der Waals surface area contributed by atoms with E-state index in [0.29, 0.717) is 68.1 Å². The van der Waals surface area contributed by atoms with Crippen LogP contribution in [0.2, 0.25) is 0 Å². The molecule has 2 amide bonds. The van der Waals surface area contributed by atoms with Crippen LogP contribution in [0.5, 0.6) is 0 Å². The number of aliphatic hydroxyl groups is 1. The molecule has 1 aromatic carbocycles. The fourth-order valence-corrected chi connectivity index (χ4v) is 5.31. The van der Waals surface area contributed by atoms with Crippen molar-refractivity contribution in [3.8, 4) is 5.69 Å². The molecule has 0 spiro atoms. The number of benzene rings is 1. The predicted molar refractivity (Wildman–Crippen MR) is 143 cm³/mol. The quantitative estimate of drug-likeness (QED) is 0.450. The predicted octanol–water partition coefficient (Wildman–Crippen LogP) is 0.616. The van der Waals surface area contributed by atoms with Gasteiger partial charge in [-0.2, -0.15) is 5.10 Å². The number of nitrogens with one attached hydrogen (secondary N) is 1. The molecule has 1 aliphatic carbocycles. The number of fused-ring (bicyclic) bond motifs is 1. The molecule has 2 N–H and O–H groups in total. The summed E-state index contributed by atoms with van der Waals surface area (Å²) in [6, 6.07) is 7.20. The summed E-state index contributed by atoms with van der Waals surface area (Å²) in [5.74, 6) is 0.267. The summed E-state index contributed by atoms with van der Waals surface area (Å²) in [5.41, 5.74) is 0.437. The van der Waals surface area contributed by atoms with Crippen molar-refractivity contribution in [2.24, 2.45) is 5.92 Å². The third-order valence-electron chi connectivity index (χ3n) is 7.82. The highest BCUT2D eigenvalue weighted by atomic mass is 16.5. The fraction of sp³-hybridized carbons (Fsp3) is 0.519. The molecule has 0 atom stereocenters. The van der Waals surface area contributed by atoms with Crippen LogP contribution in [0.1, 0.15) is 25.7 Å². The summed E-state index contributed by atoms with van der Waals surface area (Å²) in [6.07, 6.45) is 5.70. The molecule has 2 aliphatic heterocycles. The molecule has 206 valence electrons. The Morgan fingerprint density at radius 3 is 2.49 bits per heavy atom. The van der Waals surface area contributed by atoms with Gasteiger partial charge in [0.1, 0.15) is 11.7 Å². The number of carbonyl (C=O) groups excluding carboxylic acids is 2. The Balaban J connectivity index is 1.11. The monoisotopic (exact) mass is 535 g/mol. The van der Waals surface area contributed by atoms with E-state index in [-0.39, 0.29) is 29.8 Å². The van der Waals surface area contributed by atoms with E-state index in [4.69, 9.17) is 4.74 Å². The van der Waals surface area contributed by atoms with E-state index in [9.17, 15) is 19.5 Å². The van der Waals surface area contributed by atoms with Crippen LogP contribution in [-0.4, -0.2) is 97.6 Å². The molecule has 12 nitrogen and oxygen atoms in total. The SMILES string of the molecule is O=C(CN1CCOCC1)Nc1ccc(-n2ncc3c(=O)n(CC4(O)CCN(C(=O)C5CC5)CC4)cnc32)cc1. The van der Waals surface area contributed by atoms with Crippen LogP contribution >= 0.6 is 0 Å². The van der Waals surface area contributed by atoms with Crippen molar-refractivity contribution in [1.29, 1.82) is 0 Å². The number of hydrogen-bond donors (Lipinski definition) is 2. The molecule has 2 aromatic heterocycles. The first-order valence-electron chi connectivity index (χ1n) is 13.5. The van der Waals surface area contributed by atoms with E-state index in [2.05, 4.69) is 20.3 Å². The summed E-state index contributed by atoms with van der Waals surface area (Å²) in [5, 5.41) is 18.8. The third-order valence-corrected chi connectivity index (χ3v) is 7.82. The van der Waals surface area contributed by atoms with Gasteiger partial charge in [0, 0.05) is 37.8 Å². The van der Waals surface area contributed by atoms with Crippen molar-refractivity contribution in [1.82, 2.24) is 29.1 Å². The maximum Gasteiger partial charge on any atom is 0.264 e. The highest BCUT2D eigenvalue weighted by Crippen LogP contribution is 2.33. The van der Waals surface area contributed by atoms with Crippen LogP contribution in [0.15, 0.2) is 41.6 Å². The van der Waals surface area contributed by atoms with E-state index < -0.39 is 5.60 Å². The van der Waals surface area contributed by atoms with Crippen LogP contribution < -0.4 is 10.9 Å². The van der Waals surface area contributed by atoms with Gasteiger partial charge in [-0.05, 0) is 49.9 Å². The average molecular weight is 536 g/mol. The van der Waals surface area contributed by atoms with Crippen molar-refractivity contribution in [2.45, 2.75) is 37.8 Å². The van der Waals surface area contributed by atoms with E-state index >= 15 is 0 Å². The van der Waals surface area contributed by atoms with Gasteiger partial charge in [0.15, 0.2) is 5.65 Å². The summed E-state index contributed by atoms with van der Waals surface area (Å²) < 4.78 is 8.33. The number of aromatic nitrogens is 4. The Kier molecular flexibility index (Phi) is 6.92. The molecule has 3 fully saturated rings. The first kappa shape index (κ1) is 25.7. The minimum Gasteiger partial charge on any atom is -0.388 e. The first-order valence-corrected chi connectivity index (χ1v) is 13.5. The molecular weight excluding hydrogens is 502 g/mol. The lowest BCUT2D eigenvalue weighted by Gasteiger charge is -2.38. The van der Waals surface area contributed by atoms with Gasteiger partial charge in [0.25, 0.3) is 5.56 Å². The lowest BCUT2D eigenvalue weighted by atomic mass is 9.91. The molecule has 3 aliphatic rings. The number of ether oxygens (including phenoxy) is 1. The Morgan fingerprint density at radius 1 is 1.08 bits per heavy atom. The number of rotatable bonds is 7. The van der Waals surface area contributed by atoms with Crippen molar-refractivity contribution >= 4 is 28.5 Å². The van der Waals surface area contributed by atoms with Crippen LogP contribution in [0.3, 0.4) is 0 Å². The number of anilines is 1. The number of piperidine rings is 1.